The summed E-state index contributed by atoms with van der Waals surface area (Å²) in [6.45, 7) is 3.72. The summed E-state index contributed by atoms with van der Waals surface area (Å²) in [5.41, 5.74) is 3.90. The van der Waals surface area contributed by atoms with Gasteiger partial charge in [-0.25, -0.2) is 0 Å². The largest absolute Gasteiger partial charge is 0.484 e. The van der Waals surface area contributed by atoms with Crippen molar-refractivity contribution in [3.8, 4) is 5.75 Å². The maximum absolute atomic E-state index is 12.3. The fourth-order valence-corrected chi connectivity index (χ4v) is 2.74. The van der Waals surface area contributed by atoms with Crippen LogP contribution in [0.1, 0.15) is 21.5 Å². The minimum atomic E-state index is -0.300. The Kier molecular flexibility index (Phi) is 6.52. The normalized spacial score (nSPS) is 10.3. The Labute approximate surface area is 174 Å². The number of nitrogens with one attached hydrogen (secondary N) is 2. The number of anilines is 2. The molecule has 29 heavy (non-hydrogen) atoms. The Hall–Kier alpha value is -3.31. The molecule has 0 aliphatic rings. The lowest BCUT2D eigenvalue weighted by atomic mass is 10.2. The number of halogens is 1. The molecule has 148 valence electrons. The number of hydrogen-bond acceptors (Lipinski definition) is 3. The molecule has 5 nitrogen and oxygen atoms in total. The van der Waals surface area contributed by atoms with Crippen LogP contribution in [0.5, 0.6) is 5.75 Å². The van der Waals surface area contributed by atoms with Gasteiger partial charge in [-0.2, -0.15) is 0 Å². The highest BCUT2D eigenvalue weighted by Gasteiger charge is 2.08. The van der Waals surface area contributed by atoms with Crippen molar-refractivity contribution in [1.82, 2.24) is 0 Å². The Morgan fingerprint density at radius 3 is 2.17 bits per heavy atom. The average molecular weight is 409 g/mol. The lowest BCUT2D eigenvalue weighted by Crippen LogP contribution is -2.20. The van der Waals surface area contributed by atoms with Crippen LogP contribution >= 0.6 is 11.6 Å². The smallest absolute Gasteiger partial charge is 0.262 e. The first-order chi connectivity index (χ1) is 13.9. The van der Waals surface area contributed by atoms with E-state index in [4.69, 9.17) is 16.3 Å². The summed E-state index contributed by atoms with van der Waals surface area (Å²) < 4.78 is 5.48. The van der Waals surface area contributed by atoms with Crippen molar-refractivity contribution >= 4 is 34.8 Å². The molecule has 0 atom stereocenters. The van der Waals surface area contributed by atoms with Gasteiger partial charge in [0.2, 0.25) is 0 Å². The van der Waals surface area contributed by atoms with Crippen LogP contribution in [0.25, 0.3) is 0 Å². The van der Waals surface area contributed by atoms with Gasteiger partial charge in [0.25, 0.3) is 11.8 Å². The van der Waals surface area contributed by atoms with Crippen LogP contribution in [-0.4, -0.2) is 18.4 Å². The molecule has 2 N–H and O–H groups in total. The summed E-state index contributed by atoms with van der Waals surface area (Å²) >= 11 is 6.05. The van der Waals surface area contributed by atoms with Gasteiger partial charge >= 0.3 is 0 Å². The molecule has 3 rings (SSSR count). The van der Waals surface area contributed by atoms with E-state index >= 15 is 0 Å². The van der Waals surface area contributed by atoms with Gasteiger partial charge in [-0.15, -0.1) is 0 Å². The van der Waals surface area contributed by atoms with E-state index in [1.165, 1.54) is 0 Å². The van der Waals surface area contributed by atoms with Gasteiger partial charge in [-0.3, -0.25) is 9.59 Å². The number of hydrogen-bond donors (Lipinski definition) is 2. The minimum Gasteiger partial charge on any atom is -0.484 e. The van der Waals surface area contributed by atoms with Crippen LogP contribution in [0.4, 0.5) is 11.4 Å². The van der Waals surface area contributed by atoms with E-state index in [1.807, 2.05) is 44.2 Å². The molecule has 0 unspecified atom stereocenters. The standard InChI is InChI=1S/C23H21ClN2O3/c1-15-3-8-18(9-4-15)26-23(28)17-6-11-20(12-7-17)29-14-22(27)25-19-10-5-16(2)21(24)13-19/h3-13H,14H2,1-2H3,(H,25,27)(H,26,28). The zero-order valence-electron chi connectivity index (χ0n) is 16.2. The van der Waals surface area contributed by atoms with Crippen molar-refractivity contribution in [2.75, 3.05) is 17.2 Å². The molecule has 0 radical (unpaired) electrons. The predicted molar refractivity (Wildman–Crippen MR) is 116 cm³/mol. The van der Waals surface area contributed by atoms with Crippen LogP contribution in [0, 0.1) is 13.8 Å². The van der Waals surface area contributed by atoms with E-state index in [0.29, 0.717) is 22.0 Å². The summed E-state index contributed by atoms with van der Waals surface area (Å²) in [7, 11) is 0. The Balaban J connectivity index is 1.51. The zero-order valence-corrected chi connectivity index (χ0v) is 16.9. The molecule has 0 spiro atoms. The second-order valence-electron chi connectivity index (χ2n) is 6.65. The van der Waals surface area contributed by atoms with E-state index in [9.17, 15) is 9.59 Å². The second kappa shape index (κ2) is 9.26. The molecule has 0 saturated heterocycles. The Morgan fingerprint density at radius 2 is 1.52 bits per heavy atom. The first-order valence-corrected chi connectivity index (χ1v) is 9.45. The summed E-state index contributed by atoms with van der Waals surface area (Å²) in [6, 6.07) is 19.5. The summed E-state index contributed by atoms with van der Waals surface area (Å²) in [5, 5.41) is 6.15. The van der Waals surface area contributed by atoms with E-state index < -0.39 is 0 Å². The highest BCUT2D eigenvalue weighted by atomic mass is 35.5. The van der Waals surface area contributed by atoms with Gasteiger partial charge in [0.1, 0.15) is 5.75 Å². The van der Waals surface area contributed by atoms with Crippen LogP contribution in [0.15, 0.2) is 66.7 Å². The van der Waals surface area contributed by atoms with Gasteiger partial charge in [-0.05, 0) is 67.9 Å². The van der Waals surface area contributed by atoms with Crippen LogP contribution < -0.4 is 15.4 Å². The van der Waals surface area contributed by atoms with Gasteiger partial charge in [0.05, 0.1) is 0 Å². The topological polar surface area (TPSA) is 67.4 Å². The summed E-state index contributed by atoms with van der Waals surface area (Å²) in [4.78, 5) is 24.3. The highest BCUT2D eigenvalue weighted by Crippen LogP contribution is 2.20. The fraction of sp³-hybridized carbons (Fsp3) is 0.130. The fourth-order valence-electron chi connectivity index (χ4n) is 2.56. The molecule has 2 amide bonds. The first-order valence-electron chi connectivity index (χ1n) is 9.07. The van der Waals surface area contributed by atoms with Gasteiger partial charge in [0.15, 0.2) is 6.61 Å². The third kappa shape index (κ3) is 5.83. The lowest BCUT2D eigenvalue weighted by Gasteiger charge is -2.09. The third-order valence-electron chi connectivity index (χ3n) is 4.25. The van der Waals surface area contributed by atoms with Crippen LogP contribution in [0.2, 0.25) is 5.02 Å². The van der Waals surface area contributed by atoms with Crippen molar-refractivity contribution in [2.24, 2.45) is 0 Å². The predicted octanol–water partition coefficient (Wildman–Crippen LogP) is 5.23. The van der Waals surface area contributed by atoms with Crippen molar-refractivity contribution in [2.45, 2.75) is 13.8 Å². The quantitative estimate of drug-likeness (QED) is 0.587. The number of benzene rings is 3. The number of carbonyl (C=O) groups excluding carboxylic acids is 2. The zero-order chi connectivity index (χ0) is 20.8. The number of ether oxygens (including phenoxy) is 1. The molecule has 0 bridgehead atoms. The van der Waals surface area contributed by atoms with Gasteiger partial charge < -0.3 is 15.4 Å². The molecule has 6 heteroatoms. The van der Waals surface area contributed by atoms with Crippen molar-refractivity contribution < 1.29 is 14.3 Å². The van der Waals surface area contributed by atoms with E-state index in [1.54, 1.807) is 36.4 Å². The number of rotatable bonds is 6. The molecule has 3 aromatic rings. The molecule has 0 aromatic heterocycles. The van der Waals surface area contributed by atoms with Crippen molar-refractivity contribution in [1.29, 1.82) is 0 Å². The van der Waals surface area contributed by atoms with E-state index in [2.05, 4.69) is 10.6 Å². The monoisotopic (exact) mass is 408 g/mol. The van der Waals surface area contributed by atoms with Crippen LogP contribution in [-0.2, 0) is 4.79 Å². The first kappa shape index (κ1) is 20.4. The molecule has 0 fully saturated rings. The summed E-state index contributed by atoms with van der Waals surface area (Å²) in [6.07, 6.45) is 0. The third-order valence-corrected chi connectivity index (χ3v) is 4.66. The van der Waals surface area contributed by atoms with Gasteiger partial charge in [-0.1, -0.05) is 35.4 Å². The SMILES string of the molecule is Cc1ccc(NC(=O)c2ccc(OCC(=O)Nc3ccc(C)c(Cl)c3)cc2)cc1. The average Bonchev–Trinajstić information content (AvgIpc) is 2.71. The Bertz CT molecular complexity index is 1020. The van der Waals surface area contributed by atoms with Gasteiger partial charge in [0, 0.05) is 22.0 Å². The maximum Gasteiger partial charge on any atom is 0.262 e. The van der Waals surface area contributed by atoms with Crippen molar-refractivity contribution in [3.63, 3.8) is 0 Å². The molecule has 0 heterocycles. The number of amides is 2. The molecule has 0 aliphatic carbocycles. The van der Waals surface area contributed by atoms with Crippen molar-refractivity contribution in [3.05, 3.63) is 88.4 Å². The Morgan fingerprint density at radius 1 is 0.862 bits per heavy atom. The lowest BCUT2D eigenvalue weighted by molar-refractivity contribution is -0.118. The molecule has 0 aliphatic heterocycles. The molecular weight excluding hydrogens is 388 g/mol. The maximum atomic E-state index is 12.3. The number of carbonyl (C=O) groups is 2. The highest BCUT2D eigenvalue weighted by molar-refractivity contribution is 6.31. The number of aryl methyl sites for hydroxylation is 2. The molecular formula is C23H21ClN2O3. The molecule has 3 aromatic carbocycles. The van der Waals surface area contributed by atoms with E-state index in [-0.39, 0.29) is 18.4 Å². The van der Waals surface area contributed by atoms with Crippen LogP contribution in [0.3, 0.4) is 0 Å². The second-order valence-corrected chi connectivity index (χ2v) is 7.05. The molecule has 0 saturated carbocycles. The van der Waals surface area contributed by atoms with E-state index in [0.717, 1.165) is 16.8 Å². The summed E-state index contributed by atoms with van der Waals surface area (Å²) in [5.74, 6) is -0.0190. The minimum absolute atomic E-state index is 0.152.